The average Bonchev–Trinajstić information content (AvgIpc) is 3.99. The second kappa shape index (κ2) is 11.2. The lowest BCUT2D eigenvalue weighted by atomic mass is 10.1. The fourth-order valence-corrected chi connectivity index (χ4v) is 9.09. The molecule has 56 heavy (non-hydrogen) atoms. The molecule has 8 aromatic carbocycles. The summed E-state index contributed by atoms with van der Waals surface area (Å²) in [6.07, 6.45) is 0. The van der Waals surface area contributed by atoms with Crippen LogP contribution >= 0.6 is 0 Å². The van der Waals surface area contributed by atoms with Crippen LogP contribution in [0, 0.1) is 22.7 Å². The van der Waals surface area contributed by atoms with Gasteiger partial charge in [-0.15, -0.1) is 0 Å². The summed E-state index contributed by atoms with van der Waals surface area (Å²) in [5.74, 6) is 0. The van der Waals surface area contributed by atoms with Gasteiger partial charge in [0.1, 0.15) is 11.2 Å². The lowest BCUT2D eigenvalue weighted by Crippen LogP contribution is -1.98. The van der Waals surface area contributed by atoms with Crippen molar-refractivity contribution in [3.8, 4) is 29.2 Å². The minimum atomic E-state index is 0.634. The second-order valence-electron chi connectivity index (χ2n) is 14.4. The summed E-state index contributed by atoms with van der Waals surface area (Å²) >= 11 is 0. The Balaban J connectivity index is 1.16. The molecule has 0 saturated carbocycles. The van der Waals surface area contributed by atoms with Gasteiger partial charge in [0.15, 0.2) is 0 Å². The van der Waals surface area contributed by atoms with Crippen LogP contribution in [0.5, 0.6) is 0 Å². The summed E-state index contributed by atoms with van der Waals surface area (Å²) in [6, 6.07) is 61.3. The SMILES string of the molecule is N#Cc1ccc2c(c1)c1ccccc1n2-c1ccc2oc3ccc(-n4c5ccccc5c5ccc6c7cc(C#N)ccc7n(-c7ccccc7)c6c54)cc3c2c1. The van der Waals surface area contributed by atoms with Crippen molar-refractivity contribution in [1.82, 2.24) is 13.7 Å². The van der Waals surface area contributed by atoms with Crippen LogP contribution in [0.4, 0.5) is 0 Å². The molecule has 6 heteroatoms. The van der Waals surface area contributed by atoms with Crippen LogP contribution in [0.3, 0.4) is 0 Å². The van der Waals surface area contributed by atoms with Gasteiger partial charge in [-0.05, 0) is 97.1 Å². The summed E-state index contributed by atoms with van der Waals surface area (Å²) in [6.45, 7) is 0. The van der Waals surface area contributed by atoms with Crippen molar-refractivity contribution >= 4 is 87.4 Å². The van der Waals surface area contributed by atoms with Crippen molar-refractivity contribution in [3.05, 3.63) is 175 Å². The number of aromatic nitrogens is 3. The number of para-hydroxylation sites is 3. The molecule has 12 rings (SSSR count). The van der Waals surface area contributed by atoms with E-state index in [4.69, 9.17) is 4.42 Å². The normalized spacial score (nSPS) is 11.9. The molecule has 4 aromatic heterocycles. The molecule has 258 valence electrons. The molecule has 0 N–H and O–H groups in total. The molecule has 0 saturated heterocycles. The molecule has 0 unspecified atom stereocenters. The zero-order valence-corrected chi connectivity index (χ0v) is 29.7. The molecular formula is C50H27N5O. The van der Waals surface area contributed by atoms with E-state index in [-0.39, 0.29) is 0 Å². The Bertz CT molecular complexity index is 3730. The van der Waals surface area contributed by atoms with Crippen LogP contribution in [0.25, 0.3) is 104 Å². The summed E-state index contributed by atoms with van der Waals surface area (Å²) in [7, 11) is 0. The molecule has 12 aromatic rings. The van der Waals surface area contributed by atoms with E-state index in [0.29, 0.717) is 11.1 Å². The van der Waals surface area contributed by atoms with Gasteiger partial charge in [0, 0.05) is 60.2 Å². The molecule has 0 aliphatic carbocycles. The summed E-state index contributed by atoms with van der Waals surface area (Å²) < 4.78 is 13.5. The molecular weight excluding hydrogens is 687 g/mol. The van der Waals surface area contributed by atoms with Crippen molar-refractivity contribution < 1.29 is 4.42 Å². The molecule has 0 bridgehead atoms. The Morgan fingerprint density at radius 2 is 0.804 bits per heavy atom. The van der Waals surface area contributed by atoms with Crippen LogP contribution in [-0.4, -0.2) is 13.7 Å². The maximum absolute atomic E-state index is 9.90. The average molecular weight is 714 g/mol. The summed E-state index contributed by atoms with van der Waals surface area (Å²) in [5.41, 5.74) is 12.5. The Labute approximate surface area is 319 Å². The first-order valence-corrected chi connectivity index (χ1v) is 18.5. The van der Waals surface area contributed by atoms with Crippen LogP contribution < -0.4 is 0 Å². The highest BCUT2D eigenvalue weighted by Gasteiger charge is 2.22. The Hall–Kier alpha value is -8.06. The van der Waals surface area contributed by atoms with E-state index in [1.165, 1.54) is 0 Å². The van der Waals surface area contributed by atoms with Crippen LogP contribution in [0.15, 0.2) is 168 Å². The fraction of sp³-hybridized carbons (Fsp3) is 0. The second-order valence-corrected chi connectivity index (χ2v) is 14.4. The van der Waals surface area contributed by atoms with Gasteiger partial charge >= 0.3 is 0 Å². The van der Waals surface area contributed by atoms with E-state index in [1.54, 1.807) is 0 Å². The lowest BCUT2D eigenvalue weighted by molar-refractivity contribution is 0.669. The highest BCUT2D eigenvalue weighted by molar-refractivity contribution is 6.24. The number of nitriles is 2. The largest absolute Gasteiger partial charge is 0.456 e. The maximum atomic E-state index is 9.90. The molecule has 0 aliphatic rings. The number of furan rings is 1. The third kappa shape index (κ3) is 4.07. The smallest absolute Gasteiger partial charge is 0.135 e. The third-order valence-corrected chi connectivity index (χ3v) is 11.5. The topological polar surface area (TPSA) is 75.5 Å². The number of fused-ring (bicyclic) bond motifs is 13. The maximum Gasteiger partial charge on any atom is 0.135 e. The zero-order chi connectivity index (χ0) is 37.1. The molecule has 0 spiro atoms. The van der Waals surface area contributed by atoms with Gasteiger partial charge in [-0.2, -0.15) is 10.5 Å². The minimum Gasteiger partial charge on any atom is -0.456 e. The number of benzene rings is 8. The van der Waals surface area contributed by atoms with Crippen molar-refractivity contribution in [1.29, 1.82) is 10.5 Å². The predicted molar refractivity (Wildman–Crippen MR) is 226 cm³/mol. The quantitative estimate of drug-likeness (QED) is 0.183. The highest BCUT2D eigenvalue weighted by atomic mass is 16.3. The highest BCUT2D eigenvalue weighted by Crippen LogP contribution is 2.43. The van der Waals surface area contributed by atoms with E-state index in [0.717, 1.165) is 104 Å². The summed E-state index contributed by atoms with van der Waals surface area (Å²) in [4.78, 5) is 0. The standard InChI is InChI=1S/C50H27N5O/c51-28-30-14-20-45-39(24-30)36-11-5-6-12-43(36)53(45)33-16-22-47-41(26-33)42-27-34(17-23-48(42)56-47)55-44-13-7-4-10-35(44)37-18-19-38-40-25-31(29-52)15-21-46(40)54(50(38)49(37)55)32-8-2-1-3-9-32/h1-27H. The van der Waals surface area contributed by atoms with Crippen molar-refractivity contribution in [2.45, 2.75) is 0 Å². The molecule has 0 atom stereocenters. The number of hydrogen-bond acceptors (Lipinski definition) is 3. The predicted octanol–water partition coefficient (Wildman–Crippen LogP) is 12.6. The van der Waals surface area contributed by atoms with E-state index >= 15 is 0 Å². The molecule has 0 aliphatic heterocycles. The van der Waals surface area contributed by atoms with Crippen LogP contribution in [0.2, 0.25) is 0 Å². The molecule has 6 nitrogen and oxygen atoms in total. The number of nitrogens with zero attached hydrogens (tertiary/aromatic N) is 5. The Kier molecular flexibility index (Phi) is 6.10. The first-order chi connectivity index (χ1) is 27.7. The zero-order valence-electron chi connectivity index (χ0n) is 29.7. The Morgan fingerprint density at radius 1 is 0.339 bits per heavy atom. The number of hydrogen-bond donors (Lipinski definition) is 0. The van der Waals surface area contributed by atoms with Gasteiger partial charge in [-0.3, -0.25) is 0 Å². The molecule has 4 heterocycles. The van der Waals surface area contributed by atoms with Crippen molar-refractivity contribution in [2.24, 2.45) is 0 Å². The van der Waals surface area contributed by atoms with E-state index in [1.807, 2.05) is 42.5 Å². The van der Waals surface area contributed by atoms with E-state index < -0.39 is 0 Å². The summed E-state index contributed by atoms with van der Waals surface area (Å²) in [5, 5.41) is 28.2. The fourth-order valence-electron chi connectivity index (χ4n) is 9.09. The number of rotatable bonds is 3. The van der Waals surface area contributed by atoms with E-state index in [2.05, 4.69) is 147 Å². The Morgan fingerprint density at radius 3 is 1.43 bits per heavy atom. The van der Waals surface area contributed by atoms with Crippen LogP contribution in [0.1, 0.15) is 11.1 Å². The van der Waals surface area contributed by atoms with Gasteiger partial charge < -0.3 is 18.1 Å². The van der Waals surface area contributed by atoms with Gasteiger partial charge in [0.25, 0.3) is 0 Å². The van der Waals surface area contributed by atoms with E-state index in [9.17, 15) is 10.5 Å². The molecule has 0 fully saturated rings. The first kappa shape index (κ1) is 30.4. The van der Waals surface area contributed by atoms with Crippen molar-refractivity contribution in [2.75, 3.05) is 0 Å². The van der Waals surface area contributed by atoms with Gasteiger partial charge in [0.2, 0.25) is 0 Å². The monoisotopic (exact) mass is 713 g/mol. The van der Waals surface area contributed by atoms with Gasteiger partial charge in [0.05, 0.1) is 56.4 Å². The first-order valence-electron chi connectivity index (χ1n) is 18.5. The van der Waals surface area contributed by atoms with Crippen LogP contribution in [-0.2, 0) is 0 Å². The molecule has 0 radical (unpaired) electrons. The van der Waals surface area contributed by atoms with Gasteiger partial charge in [-0.1, -0.05) is 66.7 Å². The lowest BCUT2D eigenvalue weighted by Gasteiger charge is -2.12. The van der Waals surface area contributed by atoms with Gasteiger partial charge in [-0.25, -0.2) is 0 Å². The molecule has 0 amide bonds. The minimum absolute atomic E-state index is 0.634. The third-order valence-electron chi connectivity index (χ3n) is 11.5. The van der Waals surface area contributed by atoms with Crippen molar-refractivity contribution in [3.63, 3.8) is 0 Å².